The SMILES string of the molecule is COCCO.O=C(NC1CCCCC1)c1cc(-c2cscn2)cc2cc[nH]c12. The maximum Gasteiger partial charge on any atom is 0.253 e. The molecule has 150 valence electrons. The third-order valence-corrected chi connectivity index (χ3v) is 5.45. The number of amides is 1. The van der Waals surface area contributed by atoms with Crippen LogP contribution in [0.1, 0.15) is 42.5 Å². The molecule has 3 N–H and O–H groups in total. The molecule has 1 fully saturated rings. The highest BCUT2D eigenvalue weighted by atomic mass is 32.1. The molecule has 4 rings (SSSR count). The number of ether oxygens (including phenoxy) is 1. The van der Waals surface area contributed by atoms with E-state index in [-0.39, 0.29) is 12.5 Å². The highest BCUT2D eigenvalue weighted by Crippen LogP contribution is 2.27. The summed E-state index contributed by atoms with van der Waals surface area (Å²) in [5.41, 5.74) is 5.34. The summed E-state index contributed by atoms with van der Waals surface area (Å²) in [7, 11) is 1.55. The average molecular weight is 402 g/mol. The molecule has 2 heterocycles. The number of aliphatic hydroxyl groups is 1. The van der Waals surface area contributed by atoms with Crippen molar-refractivity contribution in [3.8, 4) is 11.3 Å². The first-order valence-corrected chi connectivity index (χ1v) is 10.6. The Morgan fingerprint density at radius 1 is 1.36 bits per heavy atom. The average Bonchev–Trinajstić information content (AvgIpc) is 3.41. The maximum atomic E-state index is 12.8. The van der Waals surface area contributed by atoms with Crippen LogP contribution in [0.25, 0.3) is 22.2 Å². The van der Waals surface area contributed by atoms with E-state index in [0.29, 0.717) is 18.2 Å². The summed E-state index contributed by atoms with van der Waals surface area (Å²) in [5, 5.41) is 14.2. The van der Waals surface area contributed by atoms with Gasteiger partial charge in [0, 0.05) is 35.7 Å². The van der Waals surface area contributed by atoms with Crippen molar-refractivity contribution in [2.75, 3.05) is 20.3 Å². The van der Waals surface area contributed by atoms with Gasteiger partial charge >= 0.3 is 0 Å². The van der Waals surface area contributed by atoms with Crippen LogP contribution in [0.4, 0.5) is 0 Å². The fourth-order valence-corrected chi connectivity index (χ4v) is 4.02. The normalized spacial score (nSPS) is 14.5. The van der Waals surface area contributed by atoms with Gasteiger partial charge in [0.05, 0.1) is 35.5 Å². The minimum atomic E-state index is 0.0152. The van der Waals surface area contributed by atoms with Gasteiger partial charge in [-0.3, -0.25) is 4.79 Å². The number of nitrogens with one attached hydrogen (secondary N) is 2. The maximum absolute atomic E-state index is 12.8. The lowest BCUT2D eigenvalue weighted by molar-refractivity contribution is 0.0929. The number of benzene rings is 1. The van der Waals surface area contributed by atoms with Crippen LogP contribution in [0.15, 0.2) is 35.3 Å². The molecule has 7 heteroatoms. The second kappa shape index (κ2) is 10.4. The Bertz CT molecular complexity index is 868. The Labute approximate surface area is 169 Å². The van der Waals surface area contributed by atoms with E-state index < -0.39 is 0 Å². The Morgan fingerprint density at radius 3 is 2.82 bits per heavy atom. The van der Waals surface area contributed by atoms with Gasteiger partial charge in [-0.05, 0) is 31.0 Å². The van der Waals surface area contributed by atoms with Gasteiger partial charge in [-0.1, -0.05) is 19.3 Å². The van der Waals surface area contributed by atoms with Crippen molar-refractivity contribution in [2.45, 2.75) is 38.1 Å². The molecule has 1 aliphatic rings. The first kappa shape index (κ1) is 20.5. The monoisotopic (exact) mass is 401 g/mol. The molecule has 0 aliphatic heterocycles. The van der Waals surface area contributed by atoms with Crippen LogP contribution < -0.4 is 5.32 Å². The predicted molar refractivity (Wildman–Crippen MR) is 113 cm³/mol. The number of fused-ring (bicyclic) bond motifs is 1. The van der Waals surface area contributed by atoms with E-state index in [4.69, 9.17) is 5.11 Å². The fourth-order valence-electron chi connectivity index (χ4n) is 3.46. The summed E-state index contributed by atoms with van der Waals surface area (Å²) in [5.74, 6) is 0.0152. The van der Waals surface area contributed by atoms with Crippen molar-refractivity contribution in [1.29, 1.82) is 0 Å². The lowest BCUT2D eigenvalue weighted by Crippen LogP contribution is -2.36. The highest BCUT2D eigenvalue weighted by Gasteiger charge is 2.19. The van der Waals surface area contributed by atoms with E-state index >= 15 is 0 Å². The zero-order chi connectivity index (χ0) is 19.8. The standard InChI is InChI=1S/C18H19N3OS.C3H8O2/c22-18(21-14-4-2-1-3-5-14)15-9-13(16-10-23-11-20-16)8-12-6-7-19-17(12)15;1-5-3-2-4/h6-11,14,19H,1-5H2,(H,21,22);4H,2-3H2,1H3. The van der Waals surface area contributed by atoms with Crippen LogP contribution in [0.2, 0.25) is 0 Å². The van der Waals surface area contributed by atoms with Gasteiger partial charge in [0.2, 0.25) is 0 Å². The van der Waals surface area contributed by atoms with E-state index in [1.807, 2.05) is 29.2 Å². The highest BCUT2D eigenvalue weighted by molar-refractivity contribution is 7.07. The molecule has 28 heavy (non-hydrogen) atoms. The summed E-state index contributed by atoms with van der Waals surface area (Å²) in [6.07, 6.45) is 7.76. The molecule has 2 aromatic heterocycles. The van der Waals surface area contributed by atoms with Crippen molar-refractivity contribution in [1.82, 2.24) is 15.3 Å². The smallest absolute Gasteiger partial charge is 0.253 e. The first-order valence-electron chi connectivity index (χ1n) is 9.63. The molecule has 1 amide bonds. The number of carbonyl (C=O) groups is 1. The van der Waals surface area contributed by atoms with Gasteiger partial charge in [-0.25, -0.2) is 4.98 Å². The van der Waals surface area contributed by atoms with Crippen molar-refractivity contribution in [2.24, 2.45) is 0 Å². The summed E-state index contributed by atoms with van der Waals surface area (Å²) >= 11 is 1.57. The Balaban J connectivity index is 0.000000403. The quantitative estimate of drug-likeness (QED) is 0.603. The zero-order valence-corrected chi connectivity index (χ0v) is 16.9. The predicted octanol–water partition coefficient (Wildman–Crippen LogP) is 3.98. The molecule has 0 atom stereocenters. The van der Waals surface area contributed by atoms with E-state index in [0.717, 1.165) is 35.0 Å². The number of H-pyrrole nitrogens is 1. The number of aliphatic hydroxyl groups excluding tert-OH is 1. The number of aromatic nitrogens is 2. The molecule has 1 saturated carbocycles. The molecular weight excluding hydrogens is 374 g/mol. The molecular formula is C21H27N3O3S. The van der Waals surface area contributed by atoms with Crippen molar-refractivity contribution in [3.63, 3.8) is 0 Å². The van der Waals surface area contributed by atoms with E-state index in [9.17, 15) is 4.79 Å². The largest absolute Gasteiger partial charge is 0.394 e. The summed E-state index contributed by atoms with van der Waals surface area (Å²) < 4.78 is 4.44. The van der Waals surface area contributed by atoms with E-state index in [1.54, 1.807) is 18.4 Å². The summed E-state index contributed by atoms with van der Waals surface area (Å²) in [6.45, 7) is 0.566. The number of hydrogen-bond donors (Lipinski definition) is 3. The number of thiazole rings is 1. The third kappa shape index (κ3) is 5.19. The number of nitrogens with zero attached hydrogens (tertiary/aromatic N) is 1. The Kier molecular flexibility index (Phi) is 7.59. The van der Waals surface area contributed by atoms with Crippen LogP contribution in [0, 0.1) is 0 Å². The topological polar surface area (TPSA) is 87.2 Å². The van der Waals surface area contributed by atoms with Crippen molar-refractivity contribution < 1.29 is 14.6 Å². The number of carbonyl (C=O) groups excluding carboxylic acids is 1. The van der Waals surface area contributed by atoms with E-state index in [2.05, 4.69) is 26.1 Å². The van der Waals surface area contributed by atoms with Crippen LogP contribution in [0.5, 0.6) is 0 Å². The van der Waals surface area contributed by atoms with Crippen molar-refractivity contribution >= 4 is 28.1 Å². The fraction of sp³-hybridized carbons (Fsp3) is 0.429. The molecule has 0 spiro atoms. The second-order valence-corrected chi connectivity index (χ2v) is 7.58. The minimum Gasteiger partial charge on any atom is -0.394 e. The van der Waals surface area contributed by atoms with Gasteiger partial charge in [-0.15, -0.1) is 11.3 Å². The molecule has 6 nitrogen and oxygen atoms in total. The molecule has 1 aliphatic carbocycles. The second-order valence-electron chi connectivity index (χ2n) is 6.86. The van der Waals surface area contributed by atoms with Gasteiger partial charge in [0.1, 0.15) is 0 Å². The van der Waals surface area contributed by atoms with Gasteiger partial charge in [0.25, 0.3) is 5.91 Å². The molecule has 0 radical (unpaired) electrons. The van der Waals surface area contributed by atoms with Gasteiger partial charge in [-0.2, -0.15) is 0 Å². The molecule has 0 bridgehead atoms. The number of methoxy groups -OCH3 is 1. The molecule has 1 aromatic carbocycles. The summed E-state index contributed by atoms with van der Waals surface area (Å²) in [6, 6.07) is 6.34. The van der Waals surface area contributed by atoms with Crippen LogP contribution in [0.3, 0.4) is 0 Å². The minimum absolute atomic E-state index is 0.0152. The third-order valence-electron chi connectivity index (χ3n) is 4.87. The molecule has 3 aromatic rings. The van der Waals surface area contributed by atoms with Gasteiger partial charge in [0.15, 0.2) is 0 Å². The Morgan fingerprint density at radius 2 is 2.18 bits per heavy atom. The molecule has 0 saturated heterocycles. The van der Waals surface area contributed by atoms with Crippen LogP contribution in [-0.4, -0.2) is 47.3 Å². The first-order chi connectivity index (χ1) is 13.7. The van der Waals surface area contributed by atoms with Crippen LogP contribution >= 0.6 is 11.3 Å². The number of rotatable bonds is 5. The van der Waals surface area contributed by atoms with Crippen molar-refractivity contribution in [3.05, 3.63) is 40.8 Å². The lowest BCUT2D eigenvalue weighted by atomic mass is 9.95. The molecule has 0 unspecified atom stereocenters. The lowest BCUT2D eigenvalue weighted by Gasteiger charge is -2.23. The number of hydrogen-bond acceptors (Lipinski definition) is 5. The van der Waals surface area contributed by atoms with Gasteiger partial charge < -0.3 is 20.1 Å². The zero-order valence-electron chi connectivity index (χ0n) is 16.1. The Hall–Kier alpha value is -2.22. The summed E-state index contributed by atoms with van der Waals surface area (Å²) in [4.78, 5) is 20.4. The number of aromatic amines is 1. The van der Waals surface area contributed by atoms with Crippen LogP contribution in [-0.2, 0) is 4.74 Å². The van der Waals surface area contributed by atoms with E-state index in [1.165, 1.54) is 19.3 Å².